The van der Waals surface area contributed by atoms with Gasteiger partial charge in [0.25, 0.3) is 0 Å². The van der Waals surface area contributed by atoms with E-state index < -0.39 is 4.92 Å². The zero-order valence-corrected chi connectivity index (χ0v) is 10.2. The van der Waals surface area contributed by atoms with Gasteiger partial charge in [-0.2, -0.15) is 4.98 Å². The molecule has 98 valence electrons. The first kappa shape index (κ1) is 12.5. The molecular formula is C10H16N6O2. The van der Waals surface area contributed by atoms with E-state index in [9.17, 15) is 10.1 Å². The fourth-order valence-electron chi connectivity index (χ4n) is 2.18. The molecule has 0 saturated carbocycles. The molecule has 0 spiro atoms. The molecule has 8 nitrogen and oxygen atoms in total. The van der Waals surface area contributed by atoms with Crippen LogP contribution in [0.5, 0.6) is 0 Å². The van der Waals surface area contributed by atoms with Crippen LogP contribution < -0.4 is 16.2 Å². The van der Waals surface area contributed by atoms with Gasteiger partial charge in [-0.15, -0.1) is 0 Å². The van der Waals surface area contributed by atoms with Gasteiger partial charge < -0.3 is 4.90 Å². The molecule has 0 aliphatic carbocycles. The van der Waals surface area contributed by atoms with E-state index in [2.05, 4.69) is 22.3 Å². The summed E-state index contributed by atoms with van der Waals surface area (Å²) in [5.41, 5.74) is 2.23. The van der Waals surface area contributed by atoms with E-state index >= 15 is 0 Å². The van der Waals surface area contributed by atoms with Crippen LogP contribution in [0.3, 0.4) is 0 Å². The van der Waals surface area contributed by atoms with Crippen LogP contribution in [-0.2, 0) is 0 Å². The van der Waals surface area contributed by atoms with E-state index in [1.165, 1.54) is 6.20 Å². The lowest BCUT2D eigenvalue weighted by Crippen LogP contribution is -2.35. The molecule has 1 aromatic heterocycles. The second-order valence-corrected chi connectivity index (χ2v) is 4.50. The standard InChI is InChI=1S/C10H16N6O2/c1-7-3-2-4-15(6-7)9-8(16(17)18)5-12-10(13-9)14-11/h5,7H,2-4,6,11H2,1H3,(H,12,13,14). The Bertz CT molecular complexity index is 452. The average molecular weight is 252 g/mol. The molecule has 1 aliphatic rings. The summed E-state index contributed by atoms with van der Waals surface area (Å²) >= 11 is 0. The molecule has 1 saturated heterocycles. The molecule has 3 N–H and O–H groups in total. The first-order chi connectivity index (χ1) is 8.61. The number of rotatable bonds is 3. The summed E-state index contributed by atoms with van der Waals surface area (Å²) in [4.78, 5) is 20.3. The topological polar surface area (TPSA) is 110 Å². The van der Waals surface area contributed by atoms with Crippen LogP contribution in [0.1, 0.15) is 19.8 Å². The molecule has 0 aromatic carbocycles. The van der Waals surface area contributed by atoms with E-state index in [1.807, 2.05) is 4.90 Å². The highest BCUT2D eigenvalue weighted by Crippen LogP contribution is 2.29. The molecule has 2 heterocycles. The number of nitrogens with one attached hydrogen (secondary N) is 1. The van der Waals surface area contributed by atoms with Gasteiger partial charge in [-0.25, -0.2) is 10.8 Å². The van der Waals surface area contributed by atoms with Gasteiger partial charge in [0.15, 0.2) is 0 Å². The minimum absolute atomic E-state index is 0.0805. The molecule has 8 heteroatoms. The molecule has 2 rings (SSSR count). The van der Waals surface area contributed by atoms with Crippen molar-refractivity contribution < 1.29 is 4.92 Å². The largest absolute Gasteiger partial charge is 0.350 e. The number of nitrogens with two attached hydrogens (primary N) is 1. The lowest BCUT2D eigenvalue weighted by Gasteiger charge is -2.31. The highest BCUT2D eigenvalue weighted by molar-refractivity contribution is 5.59. The average Bonchev–Trinajstić information content (AvgIpc) is 2.38. The van der Waals surface area contributed by atoms with Gasteiger partial charge in [0.1, 0.15) is 6.20 Å². The molecule has 1 aliphatic heterocycles. The number of nitrogen functional groups attached to an aromatic ring is 1. The highest BCUT2D eigenvalue weighted by Gasteiger charge is 2.26. The molecule has 0 bridgehead atoms. The fraction of sp³-hybridized carbons (Fsp3) is 0.600. The summed E-state index contributed by atoms with van der Waals surface area (Å²) < 4.78 is 0. The number of hydrogen-bond acceptors (Lipinski definition) is 7. The lowest BCUT2D eigenvalue weighted by molar-refractivity contribution is -0.384. The van der Waals surface area contributed by atoms with E-state index in [0.717, 1.165) is 25.9 Å². The third kappa shape index (κ3) is 2.48. The van der Waals surface area contributed by atoms with Gasteiger partial charge in [-0.1, -0.05) is 6.92 Å². The van der Waals surface area contributed by atoms with Crippen LogP contribution in [0.15, 0.2) is 6.20 Å². The Morgan fingerprint density at radius 3 is 3.06 bits per heavy atom. The van der Waals surface area contributed by atoms with E-state index in [0.29, 0.717) is 11.7 Å². The summed E-state index contributed by atoms with van der Waals surface area (Å²) in [6.07, 6.45) is 3.34. The number of hydrazine groups is 1. The van der Waals surface area contributed by atoms with E-state index in [4.69, 9.17) is 5.84 Å². The third-order valence-corrected chi connectivity index (χ3v) is 3.03. The van der Waals surface area contributed by atoms with Crippen LogP contribution in [0, 0.1) is 16.0 Å². The van der Waals surface area contributed by atoms with Gasteiger partial charge in [-0.3, -0.25) is 15.5 Å². The summed E-state index contributed by atoms with van der Waals surface area (Å²) in [7, 11) is 0. The van der Waals surface area contributed by atoms with E-state index in [1.54, 1.807) is 0 Å². The van der Waals surface area contributed by atoms with Crippen molar-refractivity contribution in [2.24, 2.45) is 11.8 Å². The van der Waals surface area contributed by atoms with Crippen molar-refractivity contribution in [3.05, 3.63) is 16.3 Å². The van der Waals surface area contributed by atoms with Gasteiger partial charge in [0, 0.05) is 13.1 Å². The van der Waals surface area contributed by atoms with Crippen LogP contribution in [0.2, 0.25) is 0 Å². The van der Waals surface area contributed by atoms with Gasteiger partial charge in [0.2, 0.25) is 11.8 Å². The van der Waals surface area contributed by atoms with Crippen LogP contribution in [-0.4, -0.2) is 28.0 Å². The Labute approximate surface area is 104 Å². The highest BCUT2D eigenvalue weighted by atomic mass is 16.6. The molecule has 18 heavy (non-hydrogen) atoms. The minimum atomic E-state index is -0.463. The molecule has 1 unspecified atom stereocenters. The summed E-state index contributed by atoms with van der Waals surface area (Å²) in [6.45, 7) is 3.66. The van der Waals surface area contributed by atoms with Crippen molar-refractivity contribution >= 4 is 17.5 Å². The quantitative estimate of drug-likeness (QED) is 0.467. The van der Waals surface area contributed by atoms with Crippen molar-refractivity contribution in [2.75, 3.05) is 23.4 Å². The molecule has 1 aromatic rings. The molecule has 1 fully saturated rings. The van der Waals surface area contributed by atoms with Gasteiger partial charge >= 0.3 is 5.69 Å². The monoisotopic (exact) mass is 252 g/mol. The first-order valence-electron chi connectivity index (χ1n) is 5.85. The van der Waals surface area contributed by atoms with Crippen molar-refractivity contribution in [3.8, 4) is 0 Å². The van der Waals surface area contributed by atoms with Crippen molar-refractivity contribution in [3.63, 3.8) is 0 Å². The second kappa shape index (κ2) is 5.13. The predicted octanol–water partition coefficient (Wildman–Crippen LogP) is 0.907. The smallest absolute Gasteiger partial charge is 0.329 e. The summed E-state index contributed by atoms with van der Waals surface area (Å²) in [5.74, 6) is 6.27. The zero-order valence-electron chi connectivity index (χ0n) is 10.2. The molecule has 1 atom stereocenters. The Hall–Kier alpha value is -1.96. The number of piperidine rings is 1. The second-order valence-electron chi connectivity index (χ2n) is 4.50. The number of nitrogens with zero attached hydrogens (tertiary/aromatic N) is 4. The maximum Gasteiger partial charge on any atom is 0.329 e. The van der Waals surface area contributed by atoms with Crippen LogP contribution in [0.25, 0.3) is 0 Å². The Morgan fingerprint density at radius 2 is 2.44 bits per heavy atom. The molecule has 0 amide bonds. The Kier molecular flexibility index (Phi) is 3.56. The van der Waals surface area contributed by atoms with Gasteiger partial charge in [0.05, 0.1) is 4.92 Å². The zero-order chi connectivity index (χ0) is 13.1. The predicted molar refractivity (Wildman–Crippen MR) is 67.1 cm³/mol. The fourth-order valence-corrected chi connectivity index (χ4v) is 2.18. The number of aromatic nitrogens is 2. The Morgan fingerprint density at radius 1 is 1.67 bits per heavy atom. The number of hydrogen-bond donors (Lipinski definition) is 2. The SMILES string of the molecule is CC1CCCN(c2nc(NN)ncc2[N+](=O)[O-])C1. The van der Waals surface area contributed by atoms with Crippen molar-refractivity contribution in [1.29, 1.82) is 0 Å². The number of nitro groups is 1. The maximum absolute atomic E-state index is 11.0. The van der Waals surface area contributed by atoms with Gasteiger partial charge in [-0.05, 0) is 18.8 Å². The summed E-state index contributed by atoms with van der Waals surface area (Å²) in [6, 6.07) is 0. The van der Waals surface area contributed by atoms with Crippen LogP contribution in [0.4, 0.5) is 17.5 Å². The first-order valence-corrected chi connectivity index (χ1v) is 5.85. The van der Waals surface area contributed by atoms with Crippen LogP contribution >= 0.6 is 0 Å². The normalized spacial score (nSPS) is 19.7. The maximum atomic E-state index is 11.0. The lowest BCUT2D eigenvalue weighted by atomic mass is 10.0. The summed E-state index contributed by atoms with van der Waals surface area (Å²) in [5, 5.41) is 11.0. The number of anilines is 2. The van der Waals surface area contributed by atoms with Crippen molar-refractivity contribution in [2.45, 2.75) is 19.8 Å². The minimum Gasteiger partial charge on any atom is -0.350 e. The van der Waals surface area contributed by atoms with E-state index in [-0.39, 0.29) is 11.6 Å². The Balaban J connectivity index is 2.36. The molecular weight excluding hydrogens is 236 g/mol. The third-order valence-electron chi connectivity index (χ3n) is 3.03. The van der Waals surface area contributed by atoms with Crippen molar-refractivity contribution in [1.82, 2.24) is 9.97 Å². The molecule has 0 radical (unpaired) electrons.